The third-order valence-corrected chi connectivity index (χ3v) is 13.0. The zero-order valence-corrected chi connectivity index (χ0v) is 40.9. The number of rotatable bonds is 11. The van der Waals surface area contributed by atoms with Gasteiger partial charge < -0.3 is 40.9 Å². The second-order valence-electron chi connectivity index (χ2n) is 20.6. The van der Waals surface area contributed by atoms with Crippen molar-refractivity contribution in [3.05, 3.63) is 0 Å². The number of nitrogens with zero attached hydrogens (tertiary/aromatic N) is 4. The highest BCUT2D eigenvalue weighted by Crippen LogP contribution is 2.27. The van der Waals surface area contributed by atoms with Gasteiger partial charge in [0.2, 0.25) is 47.3 Å². The summed E-state index contributed by atoms with van der Waals surface area (Å²) in [6.45, 7) is 23.4. The van der Waals surface area contributed by atoms with E-state index in [2.05, 4.69) is 21.3 Å². The molecule has 4 N–H and O–H groups in total. The number of nitrogens with one attached hydrogen (secondary N) is 4. The minimum atomic E-state index is -1.04. The van der Waals surface area contributed by atoms with Crippen LogP contribution in [0.25, 0.3) is 0 Å². The van der Waals surface area contributed by atoms with Crippen LogP contribution in [0, 0.1) is 35.5 Å². The summed E-state index contributed by atoms with van der Waals surface area (Å²) in [7, 11) is 3.10. The quantitative estimate of drug-likeness (QED) is 0.242. The lowest BCUT2D eigenvalue weighted by Crippen LogP contribution is -2.62. The molecule has 3 aliphatic heterocycles. The van der Waals surface area contributed by atoms with Crippen LogP contribution in [-0.4, -0.2) is 142 Å². The zero-order chi connectivity index (χ0) is 47.6. The Morgan fingerprint density at radius 2 is 0.825 bits per heavy atom. The summed E-state index contributed by atoms with van der Waals surface area (Å²) < 4.78 is 0. The van der Waals surface area contributed by atoms with E-state index in [0.29, 0.717) is 32.1 Å². The zero-order valence-electron chi connectivity index (χ0n) is 40.9. The van der Waals surface area contributed by atoms with Gasteiger partial charge >= 0.3 is 0 Å². The molecule has 3 heterocycles. The fraction of sp³-hybridized carbons (Fsp3) is 0.830. The van der Waals surface area contributed by atoms with Gasteiger partial charge in [-0.3, -0.25) is 38.4 Å². The van der Waals surface area contributed by atoms with E-state index in [1.165, 1.54) is 19.6 Å². The fourth-order valence-corrected chi connectivity index (χ4v) is 9.13. The van der Waals surface area contributed by atoms with Crippen LogP contribution in [0.1, 0.15) is 141 Å². The Labute approximate surface area is 377 Å². The lowest BCUT2D eigenvalue weighted by molar-refractivity contribution is -0.150. The summed E-state index contributed by atoms with van der Waals surface area (Å²) in [5.41, 5.74) is 0. The number of likely N-dealkylation sites (N-methyl/N-ethyl adjacent to an activating group) is 2. The van der Waals surface area contributed by atoms with E-state index < -0.39 is 95.6 Å². The van der Waals surface area contributed by atoms with Gasteiger partial charge in [0, 0.05) is 27.2 Å². The Hall–Kier alpha value is -4.24. The first-order chi connectivity index (χ1) is 29.4. The Balaban J connectivity index is 2.22. The van der Waals surface area contributed by atoms with Crippen LogP contribution < -0.4 is 21.3 Å². The molecule has 0 aromatic heterocycles. The molecular formula is C47H82N8O8. The van der Waals surface area contributed by atoms with E-state index in [0.717, 1.165) is 0 Å². The monoisotopic (exact) mass is 887 g/mol. The molecule has 0 saturated carbocycles. The molecule has 0 spiro atoms. The van der Waals surface area contributed by atoms with Crippen LogP contribution in [0.15, 0.2) is 0 Å². The van der Waals surface area contributed by atoms with E-state index in [9.17, 15) is 38.4 Å². The molecule has 0 aromatic carbocycles. The molecule has 8 amide bonds. The summed E-state index contributed by atoms with van der Waals surface area (Å²) in [6.07, 6.45) is 3.41. The Morgan fingerprint density at radius 3 is 1.16 bits per heavy atom. The average molecular weight is 887 g/mol. The molecule has 16 nitrogen and oxygen atoms in total. The highest BCUT2D eigenvalue weighted by Gasteiger charge is 2.45. The third-order valence-electron chi connectivity index (χ3n) is 13.0. The van der Waals surface area contributed by atoms with Crippen molar-refractivity contribution in [3.63, 3.8) is 0 Å². The first kappa shape index (κ1) is 53.1. The lowest BCUT2D eigenvalue weighted by atomic mass is 9.95. The normalized spacial score (nSPS) is 28.7. The number of hydrogen-bond acceptors (Lipinski definition) is 8. The molecule has 16 heteroatoms. The van der Waals surface area contributed by atoms with E-state index in [4.69, 9.17) is 0 Å². The molecule has 3 aliphatic rings. The Bertz CT molecular complexity index is 1630. The standard InChI is InChI=1S/C47H82N8O8/c1-15-31(12)39-47(63)55-21-17-19-35(55)45(61)53(14)36(24-28(6)7)42(58)48-32(22-26(2)3)40(56)50-38(30(10)11)46(62)54-20-16-18-34(54)44(60)52(13)37(25-29(8)9)43(59)49-33(23-27(4)5)41(57)51-39/h26-39H,15-25H2,1-14H3,(H,48,58)(H,49,59)(H,50,56)(H,51,57)/t31-,32-,33-,34+,35+,36-,37-,38-,39-/m0/s1. The second kappa shape index (κ2) is 23.6. The van der Waals surface area contributed by atoms with Crippen molar-refractivity contribution in [1.29, 1.82) is 0 Å². The van der Waals surface area contributed by atoms with Crippen molar-refractivity contribution in [2.24, 2.45) is 35.5 Å². The number of carbonyl (C=O) groups is 8. The van der Waals surface area contributed by atoms with E-state index in [1.54, 1.807) is 27.9 Å². The minimum Gasteiger partial charge on any atom is -0.343 e. The maximum atomic E-state index is 14.6. The van der Waals surface area contributed by atoms with Gasteiger partial charge in [-0.05, 0) is 86.9 Å². The van der Waals surface area contributed by atoms with Gasteiger partial charge in [-0.25, -0.2) is 0 Å². The Kier molecular flexibility index (Phi) is 19.9. The van der Waals surface area contributed by atoms with Gasteiger partial charge in [-0.15, -0.1) is 0 Å². The SMILES string of the molecule is CC[C@H](C)[C@@H]1NC(=O)[C@H](CC(C)C)NC(=O)[C@H](CC(C)C)N(C)C(=O)[C@H]2CCCN2C(=O)[C@H](C(C)C)NC(=O)[C@H](CC(C)C)NC(=O)[C@H](CC(C)C)N(C)C(=O)[C@H]2CCCN2C1=O. The number of hydrogen-bond donors (Lipinski definition) is 4. The molecule has 63 heavy (non-hydrogen) atoms. The van der Waals surface area contributed by atoms with Gasteiger partial charge in [-0.2, -0.15) is 0 Å². The molecule has 3 saturated heterocycles. The van der Waals surface area contributed by atoms with Crippen molar-refractivity contribution in [2.45, 2.75) is 189 Å². The highest BCUT2D eigenvalue weighted by atomic mass is 16.2. The summed E-state index contributed by atoms with van der Waals surface area (Å²) in [5.74, 6) is -4.65. The van der Waals surface area contributed by atoms with Crippen LogP contribution >= 0.6 is 0 Å². The molecule has 0 aliphatic carbocycles. The molecule has 0 unspecified atom stereocenters. The van der Waals surface area contributed by atoms with E-state index in [1.807, 2.05) is 69.2 Å². The predicted molar refractivity (Wildman–Crippen MR) is 242 cm³/mol. The number of fused-ring (bicyclic) bond motifs is 2. The molecule has 0 aromatic rings. The van der Waals surface area contributed by atoms with Crippen LogP contribution in [0.2, 0.25) is 0 Å². The molecule has 0 bridgehead atoms. The number of amides is 8. The maximum absolute atomic E-state index is 14.6. The van der Waals surface area contributed by atoms with Gasteiger partial charge in [0.05, 0.1) is 0 Å². The maximum Gasteiger partial charge on any atom is 0.246 e. The minimum absolute atomic E-state index is 0.0236. The first-order valence-corrected chi connectivity index (χ1v) is 23.8. The van der Waals surface area contributed by atoms with Crippen molar-refractivity contribution in [1.82, 2.24) is 40.9 Å². The van der Waals surface area contributed by atoms with Crippen LogP contribution in [0.5, 0.6) is 0 Å². The summed E-state index contributed by atoms with van der Waals surface area (Å²) in [6, 6.07) is -7.88. The van der Waals surface area contributed by atoms with Gasteiger partial charge in [-0.1, -0.05) is 89.5 Å². The van der Waals surface area contributed by atoms with Crippen molar-refractivity contribution in [2.75, 3.05) is 27.2 Å². The van der Waals surface area contributed by atoms with Crippen LogP contribution in [0.4, 0.5) is 0 Å². The molecule has 9 atom stereocenters. The van der Waals surface area contributed by atoms with Gasteiger partial charge in [0.25, 0.3) is 0 Å². The van der Waals surface area contributed by atoms with Gasteiger partial charge in [0.1, 0.15) is 48.3 Å². The molecule has 3 rings (SSSR count). The van der Waals surface area contributed by atoms with Crippen molar-refractivity contribution in [3.8, 4) is 0 Å². The molecule has 358 valence electrons. The number of carbonyl (C=O) groups excluding carboxylic acids is 8. The lowest BCUT2D eigenvalue weighted by Gasteiger charge is -2.37. The van der Waals surface area contributed by atoms with Crippen molar-refractivity contribution >= 4 is 47.3 Å². The topological polar surface area (TPSA) is 198 Å². The average Bonchev–Trinajstić information content (AvgIpc) is 3.90. The summed E-state index contributed by atoms with van der Waals surface area (Å²) >= 11 is 0. The van der Waals surface area contributed by atoms with Crippen LogP contribution in [-0.2, 0) is 38.4 Å². The second-order valence-corrected chi connectivity index (χ2v) is 20.6. The fourth-order valence-electron chi connectivity index (χ4n) is 9.13. The van der Waals surface area contributed by atoms with Crippen LogP contribution in [0.3, 0.4) is 0 Å². The molecule has 3 fully saturated rings. The summed E-state index contributed by atoms with van der Waals surface area (Å²) in [5, 5.41) is 11.8. The largest absolute Gasteiger partial charge is 0.343 e. The Morgan fingerprint density at radius 1 is 0.476 bits per heavy atom. The van der Waals surface area contributed by atoms with Crippen molar-refractivity contribution < 1.29 is 38.4 Å². The molecular weight excluding hydrogens is 805 g/mol. The van der Waals surface area contributed by atoms with Gasteiger partial charge in [0.15, 0.2) is 0 Å². The smallest absolute Gasteiger partial charge is 0.246 e. The third kappa shape index (κ3) is 13.9. The van der Waals surface area contributed by atoms with E-state index >= 15 is 0 Å². The predicted octanol–water partition coefficient (Wildman–Crippen LogP) is 3.46. The first-order valence-electron chi connectivity index (χ1n) is 23.8. The van der Waals surface area contributed by atoms with E-state index in [-0.39, 0.29) is 74.3 Å². The molecule has 0 radical (unpaired) electrons. The highest BCUT2D eigenvalue weighted by molar-refractivity contribution is 5.99. The summed E-state index contributed by atoms with van der Waals surface area (Å²) in [4.78, 5) is 121.